The summed E-state index contributed by atoms with van der Waals surface area (Å²) in [4.78, 5) is 0. The first kappa shape index (κ1) is 37.1. The molecule has 0 fully saturated rings. The molecule has 224 valence electrons. The van der Waals surface area contributed by atoms with Gasteiger partial charge < -0.3 is 37.9 Å². The maximum atomic E-state index is 6.48. The number of rotatable bonds is 26. The molecule has 1 N–H and O–H groups in total. The van der Waals surface area contributed by atoms with Crippen LogP contribution in [0.4, 0.5) is 0 Å². The molecular formula is C26H59NO8Si2. The van der Waals surface area contributed by atoms with Crippen molar-refractivity contribution in [3.8, 4) is 0 Å². The Morgan fingerprint density at radius 2 is 0.730 bits per heavy atom. The van der Waals surface area contributed by atoms with E-state index in [1.54, 1.807) is 0 Å². The standard InChI is InChI=1S/C26H59NO8Si2/c1-9-17-19-21-34-25(36,32-15-7)23(28-11-3,29-12-4)27-24(30-13-5,31-14-6)26(37,33-16-8)35-22-20-18-10-2/h27H,9-22H2,1-8,36-37H3. The fraction of sp³-hybridized carbons (Fsp3) is 1.00. The summed E-state index contributed by atoms with van der Waals surface area (Å²) in [7, 11) is 0.876. The fourth-order valence-corrected chi connectivity index (χ4v) is 6.07. The van der Waals surface area contributed by atoms with Crippen LogP contribution in [0.15, 0.2) is 0 Å². The Labute approximate surface area is 233 Å². The summed E-state index contributed by atoms with van der Waals surface area (Å²) in [5, 5.41) is 3.50. The quantitative estimate of drug-likeness (QED) is 0.0960. The Balaban J connectivity index is 6.80. The highest BCUT2D eigenvalue weighted by Gasteiger charge is 2.63. The number of ether oxygens (including phenoxy) is 8. The molecule has 2 atom stereocenters. The average Bonchev–Trinajstić information content (AvgIpc) is 2.85. The second-order valence-corrected chi connectivity index (χ2v) is 11.6. The molecule has 0 aliphatic carbocycles. The van der Waals surface area contributed by atoms with Crippen molar-refractivity contribution in [3.05, 3.63) is 0 Å². The van der Waals surface area contributed by atoms with E-state index in [-0.39, 0.29) is 0 Å². The molecule has 0 radical (unpaired) electrons. The Morgan fingerprint density at radius 1 is 0.432 bits per heavy atom. The molecule has 0 heterocycles. The summed E-state index contributed by atoms with van der Waals surface area (Å²) in [5.74, 6) is -3.07. The zero-order valence-corrected chi connectivity index (χ0v) is 29.7. The lowest BCUT2D eigenvalue weighted by Crippen LogP contribution is -2.80. The van der Waals surface area contributed by atoms with E-state index in [0.29, 0.717) is 73.3 Å². The van der Waals surface area contributed by atoms with Crippen molar-refractivity contribution < 1.29 is 37.9 Å². The lowest BCUT2D eigenvalue weighted by Gasteiger charge is -2.54. The van der Waals surface area contributed by atoms with Crippen molar-refractivity contribution in [1.29, 1.82) is 0 Å². The maximum Gasteiger partial charge on any atom is 0.283 e. The monoisotopic (exact) mass is 569 g/mol. The number of hydrogen-bond acceptors (Lipinski definition) is 9. The van der Waals surface area contributed by atoms with Gasteiger partial charge in [0.1, 0.15) is 0 Å². The predicted molar refractivity (Wildman–Crippen MR) is 155 cm³/mol. The Bertz CT molecular complexity index is 505. The van der Waals surface area contributed by atoms with Crippen LogP contribution in [0, 0.1) is 0 Å². The average molecular weight is 570 g/mol. The summed E-state index contributed by atoms with van der Waals surface area (Å²) in [5.41, 5.74) is -2.39. The normalized spacial score (nSPS) is 16.2. The van der Waals surface area contributed by atoms with E-state index in [0.717, 1.165) is 38.5 Å². The van der Waals surface area contributed by atoms with Crippen LogP contribution in [0.25, 0.3) is 0 Å². The van der Waals surface area contributed by atoms with Crippen molar-refractivity contribution in [3.63, 3.8) is 0 Å². The van der Waals surface area contributed by atoms with Gasteiger partial charge in [-0.1, -0.05) is 39.5 Å². The first-order chi connectivity index (χ1) is 17.7. The molecule has 0 aliphatic rings. The van der Waals surface area contributed by atoms with Gasteiger partial charge in [-0.3, -0.25) is 0 Å². The van der Waals surface area contributed by atoms with E-state index in [9.17, 15) is 0 Å². The SMILES string of the molecule is CCCCCOC([SiH3])(OCC)C(NC(OCC)(OCC)C([SiH3])(OCC)OCCCCC)(OCC)OCC. The van der Waals surface area contributed by atoms with Crippen LogP contribution in [0.5, 0.6) is 0 Å². The zero-order valence-electron chi connectivity index (χ0n) is 25.7. The van der Waals surface area contributed by atoms with Crippen LogP contribution in [0.3, 0.4) is 0 Å². The zero-order chi connectivity index (χ0) is 28.3. The molecule has 0 amide bonds. The summed E-state index contributed by atoms with van der Waals surface area (Å²) in [6, 6.07) is 0. The van der Waals surface area contributed by atoms with Crippen LogP contribution >= 0.6 is 0 Å². The number of nitrogens with one attached hydrogen (secondary N) is 1. The third kappa shape index (κ3) is 10.9. The second kappa shape index (κ2) is 20.0. The van der Waals surface area contributed by atoms with Gasteiger partial charge in [-0.2, -0.15) is 0 Å². The second-order valence-electron chi connectivity index (χ2n) is 8.96. The van der Waals surface area contributed by atoms with Gasteiger partial charge >= 0.3 is 0 Å². The van der Waals surface area contributed by atoms with Gasteiger partial charge in [0.25, 0.3) is 11.8 Å². The summed E-state index contributed by atoms with van der Waals surface area (Å²) in [6.07, 6.45) is 6.14. The van der Waals surface area contributed by atoms with Gasteiger partial charge in [-0.15, -0.1) is 0 Å². The number of hydrogen-bond donors (Lipinski definition) is 1. The molecule has 0 saturated heterocycles. The van der Waals surface area contributed by atoms with Gasteiger partial charge in [-0.05, 0) is 54.4 Å². The highest BCUT2D eigenvalue weighted by Crippen LogP contribution is 2.37. The van der Waals surface area contributed by atoms with Crippen molar-refractivity contribution in [2.45, 2.75) is 117 Å². The van der Waals surface area contributed by atoms with Gasteiger partial charge in [0, 0.05) is 52.9 Å². The minimum Gasteiger partial charge on any atom is -0.349 e. The lowest BCUT2D eigenvalue weighted by molar-refractivity contribution is -0.453. The molecule has 0 aromatic heterocycles. The first-order valence-corrected chi connectivity index (χ1v) is 16.6. The topological polar surface area (TPSA) is 85.9 Å². The lowest BCUT2D eigenvalue weighted by atomic mass is 10.2. The highest BCUT2D eigenvalue weighted by atomic mass is 28.2. The maximum absolute atomic E-state index is 6.48. The molecule has 0 aliphatic heterocycles. The van der Waals surface area contributed by atoms with Gasteiger partial charge in [-0.25, -0.2) is 5.32 Å². The molecule has 9 nitrogen and oxygen atoms in total. The summed E-state index contributed by atoms with van der Waals surface area (Å²) < 4.78 is 51.2. The molecule has 0 spiro atoms. The minimum atomic E-state index is -1.53. The van der Waals surface area contributed by atoms with E-state index in [1.807, 2.05) is 41.5 Å². The number of unbranched alkanes of at least 4 members (excludes halogenated alkanes) is 4. The van der Waals surface area contributed by atoms with E-state index < -0.39 is 22.6 Å². The molecule has 0 aromatic rings. The van der Waals surface area contributed by atoms with Gasteiger partial charge in [0.2, 0.25) is 10.8 Å². The van der Waals surface area contributed by atoms with E-state index >= 15 is 0 Å². The molecule has 0 bridgehead atoms. The van der Waals surface area contributed by atoms with E-state index in [4.69, 9.17) is 37.9 Å². The van der Waals surface area contributed by atoms with Crippen LogP contribution in [-0.4, -0.2) is 96.0 Å². The fourth-order valence-electron chi connectivity index (χ4n) is 4.26. The van der Waals surface area contributed by atoms with E-state index in [2.05, 4.69) is 19.2 Å². The summed E-state index contributed by atoms with van der Waals surface area (Å²) in [6.45, 7) is 19.1. The van der Waals surface area contributed by atoms with Crippen molar-refractivity contribution in [1.82, 2.24) is 5.32 Å². The minimum absolute atomic E-state index is 0.344. The Kier molecular flexibility index (Phi) is 20.1. The third-order valence-corrected chi connectivity index (χ3v) is 8.48. The van der Waals surface area contributed by atoms with Crippen molar-refractivity contribution in [2.75, 3.05) is 52.9 Å². The Morgan fingerprint density at radius 3 is 0.973 bits per heavy atom. The molecule has 11 heteroatoms. The molecule has 0 aromatic carbocycles. The van der Waals surface area contributed by atoms with Crippen LogP contribution in [-0.2, 0) is 37.9 Å². The predicted octanol–water partition coefficient (Wildman–Crippen LogP) is 2.55. The smallest absolute Gasteiger partial charge is 0.283 e. The Hall–Kier alpha value is 0.0738. The third-order valence-electron chi connectivity index (χ3n) is 6.01. The summed E-state index contributed by atoms with van der Waals surface area (Å²) >= 11 is 0. The first-order valence-electron chi connectivity index (χ1n) is 14.6. The molecule has 0 rings (SSSR count). The van der Waals surface area contributed by atoms with Crippen LogP contribution in [0.1, 0.15) is 93.9 Å². The highest BCUT2D eigenvalue weighted by molar-refractivity contribution is 6.15. The van der Waals surface area contributed by atoms with Crippen molar-refractivity contribution in [2.24, 2.45) is 0 Å². The van der Waals surface area contributed by atoms with Crippen molar-refractivity contribution >= 4 is 20.5 Å². The molecule has 37 heavy (non-hydrogen) atoms. The molecular weight excluding hydrogens is 510 g/mol. The molecule has 2 unspecified atom stereocenters. The van der Waals surface area contributed by atoms with E-state index in [1.165, 1.54) is 0 Å². The largest absolute Gasteiger partial charge is 0.349 e. The van der Waals surface area contributed by atoms with Crippen LogP contribution in [0.2, 0.25) is 0 Å². The van der Waals surface area contributed by atoms with Gasteiger partial charge in [0.05, 0.1) is 20.5 Å². The molecule has 0 saturated carbocycles. The van der Waals surface area contributed by atoms with Crippen LogP contribution < -0.4 is 5.32 Å². The van der Waals surface area contributed by atoms with Gasteiger partial charge in [0.15, 0.2) is 0 Å².